The van der Waals surface area contributed by atoms with E-state index in [0.717, 1.165) is 44.4 Å². The van der Waals surface area contributed by atoms with Gasteiger partial charge in [0, 0.05) is 19.5 Å². The van der Waals surface area contributed by atoms with Crippen LogP contribution in [0.5, 0.6) is 0 Å². The van der Waals surface area contributed by atoms with Gasteiger partial charge in [0.25, 0.3) is 0 Å². The van der Waals surface area contributed by atoms with Crippen molar-refractivity contribution in [3.8, 4) is 0 Å². The van der Waals surface area contributed by atoms with Crippen molar-refractivity contribution >= 4 is 5.91 Å². The van der Waals surface area contributed by atoms with Gasteiger partial charge in [-0.1, -0.05) is 32.6 Å². The number of hydrogen-bond donors (Lipinski definition) is 3. The summed E-state index contributed by atoms with van der Waals surface area (Å²) in [6, 6.07) is 0. The number of carbonyl (C=O) groups excluding carboxylic acids is 1. The lowest BCUT2D eigenvalue weighted by atomic mass is 9.81. The van der Waals surface area contributed by atoms with Gasteiger partial charge in [-0.2, -0.15) is 0 Å². The molecule has 0 bridgehead atoms. The number of unbranched alkanes of at least 4 members (excludes halogenated alkanes) is 3. The van der Waals surface area contributed by atoms with E-state index >= 15 is 0 Å². The second kappa shape index (κ2) is 12.0. The molecule has 0 aromatic rings. The van der Waals surface area contributed by atoms with Gasteiger partial charge in [-0.15, -0.1) is 0 Å². The molecule has 4 heteroatoms. The highest BCUT2D eigenvalue weighted by molar-refractivity contribution is 5.75. The summed E-state index contributed by atoms with van der Waals surface area (Å²) < 4.78 is 0. The normalized spacial score (nSPS) is 22.2. The van der Waals surface area contributed by atoms with Gasteiger partial charge in [0.15, 0.2) is 0 Å². The molecule has 1 amide bonds. The summed E-state index contributed by atoms with van der Waals surface area (Å²) in [4.78, 5) is 11.7. The van der Waals surface area contributed by atoms with E-state index in [-0.39, 0.29) is 5.91 Å². The number of hydrogen-bond acceptors (Lipinski definition) is 3. The highest BCUT2D eigenvalue weighted by Crippen LogP contribution is 2.27. The van der Waals surface area contributed by atoms with Crippen molar-refractivity contribution < 1.29 is 4.79 Å². The number of nitrogens with two attached hydrogens (primary N) is 1. The molecule has 0 saturated heterocycles. The zero-order valence-corrected chi connectivity index (χ0v) is 13.8. The molecule has 2 atom stereocenters. The van der Waals surface area contributed by atoms with Crippen LogP contribution in [0.15, 0.2) is 0 Å². The van der Waals surface area contributed by atoms with Crippen molar-refractivity contribution in [3.63, 3.8) is 0 Å². The van der Waals surface area contributed by atoms with E-state index in [0.29, 0.717) is 6.42 Å². The molecule has 1 aliphatic carbocycles. The average Bonchev–Trinajstić information content (AvgIpc) is 2.51. The van der Waals surface area contributed by atoms with Crippen LogP contribution in [-0.4, -0.2) is 32.1 Å². The summed E-state index contributed by atoms with van der Waals surface area (Å²) in [6.07, 6.45) is 10.6. The van der Waals surface area contributed by atoms with Crippen molar-refractivity contribution in [2.45, 2.75) is 64.7 Å². The Hall–Kier alpha value is -0.610. The first-order valence-electron chi connectivity index (χ1n) is 8.93. The lowest BCUT2D eigenvalue weighted by Gasteiger charge is -2.28. The van der Waals surface area contributed by atoms with Crippen LogP contribution in [0.2, 0.25) is 0 Å². The van der Waals surface area contributed by atoms with Crippen LogP contribution in [0.1, 0.15) is 64.7 Å². The topological polar surface area (TPSA) is 67.2 Å². The van der Waals surface area contributed by atoms with Crippen LogP contribution in [-0.2, 0) is 4.79 Å². The maximum atomic E-state index is 11.7. The van der Waals surface area contributed by atoms with Gasteiger partial charge in [-0.25, -0.2) is 0 Å². The van der Waals surface area contributed by atoms with Crippen LogP contribution >= 0.6 is 0 Å². The highest BCUT2D eigenvalue weighted by atomic mass is 16.1. The summed E-state index contributed by atoms with van der Waals surface area (Å²) in [6.45, 7) is 5.70. The highest BCUT2D eigenvalue weighted by Gasteiger charge is 2.20. The quantitative estimate of drug-likeness (QED) is 0.513. The fourth-order valence-corrected chi connectivity index (χ4v) is 3.18. The molecular formula is C17H35N3O. The smallest absolute Gasteiger partial charge is 0.221 e. The minimum Gasteiger partial charge on any atom is -0.356 e. The van der Waals surface area contributed by atoms with Crippen molar-refractivity contribution in [2.24, 2.45) is 17.6 Å². The molecule has 1 aliphatic rings. The van der Waals surface area contributed by atoms with E-state index in [1.54, 1.807) is 0 Å². The predicted molar refractivity (Wildman–Crippen MR) is 89.1 cm³/mol. The zero-order valence-electron chi connectivity index (χ0n) is 13.8. The third-order valence-electron chi connectivity index (χ3n) is 4.54. The second-order valence-corrected chi connectivity index (χ2v) is 6.50. The van der Waals surface area contributed by atoms with E-state index in [4.69, 9.17) is 5.73 Å². The predicted octanol–water partition coefficient (Wildman–Crippen LogP) is 2.43. The Morgan fingerprint density at radius 1 is 1.14 bits per heavy atom. The van der Waals surface area contributed by atoms with E-state index in [1.165, 1.54) is 44.9 Å². The van der Waals surface area contributed by atoms with E-state index in [1.807, 2.05) is 0 Å². The van der Waals surface area contributed by atoms with Crippen LogP contribution in [0.4, 0.5) is 0 Å². The lowest BCUT2D eigenvalue weighted by molar-refractivity contribution is -0.121. The molecule has 124 valence electrons. The SMILES string of the molecule is CCCCCCNC(=O)CCNCC1CCCC(CN)C1. The van der Waals surface area contributed by atoms with Gasteiger partial charge in [-0.3, -0.25) is 4.79 Å². The third kappa shape index (κ3) is 9.10. The maximum Gasteiger partial charge on any atom is 0.221 e. The Morgan fingerprint density at radius 3 is 2.71 bits per heavy atom. The number of carbonyl (C=O) groups is 1. The Bertz CT molecular complexity index is 271. The fraction of sp³-hybridized carbons (Fsp3) is 0.941. The van der Waals surface area contributed by atoms with Crippen molar-refractivity contribution in [2.75, 3.05) is 26.2 Å². The number of amides is 1. The zero-order chi connectivity index (χ0) is 15.3. The monoisotopic (exact) mass is 297 g/mol. The van der Waals surface area contributed by atoms with Crippen molar-refractivity contribution in [1.29, 1.82) is 0 Å². The van der Waals surface area contributed by atoms with Gasteiger partial charge in [-0.05, 0) is 50.6 Å². The molecule has 4 nitrogen and oxygen atoms in total. The molecule has 1 fully saturated rings. The average molecular weight is 297 g/mol. The number of rotatable bonds is 11. The van der Waals surface area contributed by atoms with Gasteiger partial charge in [0.2, 0.25) is 5.91 Å². The minimum atomic E-state index is 0.183. The molecule has 4 N–H and O–H groups in total. The molecule has 1 rings (SSSR count). The summed E-state index contributed by atoms with van der Waals surface area (Å²) in [7, 11) is 0. The van der Waals surface area contributed by atoms with E-state index in [9.17, 15) is 4.79 Å². The van der Waals surface area contributed by atoms with Crippen molar-refractivity contribution in [3.05, 3.63) is 0 Å². The third-order valence-corrected chi connectivity index (χ3v) is 4.54. The largest absolute Gasteiger partial charge is 0.356 e. The first kappa shape index (κ1) is 18.4. The Labute approximate surface area is 130 Å². The standard InChI is InChI=1S/C17H35N3O/c1-2-3-4-5-10-20-17(21)9-11-19-14-16-8-6-7-15(12-16)13-18/h15-16,19H,2-14,18H2,1H3,(H,20,21). The summed E-state index contributed by atoms with van der Waals surface area (Å²) in [5.74, 6) is 1.66. The summed E-state index contributed by atoms with van der Waals surface area (Å²) >= 11 is 0. The van der Waals surface area contributed by atoms with Crippen LogP contribution in [0.25, 0.3) is 0 Å². The minimum absolute atomic E-state index is 0.183. The molecule has 0 aliphatic heterocycles. The number of nitrogens with one attached hydrogen (secondary N) is 2. The summed E-state index contributed by atoms with van der Waals surface area (Å²) in [5, 5.41) is 6.44. The molecule has 0 aromatic carbocycles. The van der Waals surface area contributed by atoms with E-state index < -0.39 is 0 Å². The van der Waals surface area contributed by atoms with E-state index in [2.05, 4.69) is 17.6 Å². The molecule has 0 spiro atoms. The summed E-state index contributed by atoms with van der Waals surface area (Å²) in [5.41, 5.74) is 5.76. The fourth-order valence-electron chi connectivity index (χ4n) is 3.18. The maximum absolute atomic E-state index is 11.7. The van der Waals surface area contributed by atoms with Gasteiger partial charge in [0.1, 0.15) is 0 Å². The van der Waals surface area contributed by atoms with Crippen molar-refractivity contribution in [1.82, 2.24) is 10.6 Å². The first-order chi connectivity index (χ1) is 10.3. The molecule has 0 aromatic heterocycles. The molecule has 1 saturated carbocycles. The van der Waals surface area contributed by atoms with Gasteiger partial charge in [0.05, 0.1) is 0 Å². The first-order valence-corrected chi connectivity index (χ1v) is 8.93. The van der Waals surface area contributed by atoms with Gasteiger partial charge < -0.3 is 16.4 Å². The van der Waals surface area contributed by atoms with Crippen LogP contribution in [0.3, 0.4) is 0 Å². The molecule has 0 radical (unpaired) electrons. The molecule has 2 unspecified atom stereocenters. The Morgan fingerprint density at radius 2 is 1.95 bits per heavy atom. The molecule has 21 heavy (non-hydrogen) atoms. The van der Waals surface area contributed by atoms with Crippen LogP contribution < -0.4 is 16.4 Å². The Balaban J connectivity index is 1.94. The van der Waals surface area contributed by atoms with Crippen LogP contribution in [0, 0.1) is 11.8 Å². The molecular weight excluding hydrogens is 262 g/mol. The lowest BCUT2D eigenvalue weighted by Crippen LogP contribution is -2.33. The van der Waals surface area contributed by atoms with Gasteiger partial charge >= 0.3 is 0 Å². The second-order valence-electron chi connectivity index (χ2n) is 6.50. The Kier molecular flexibility index (Phi) is 10.5. The molecule has 0 heterocycles.